The molecule has 1 fully saturated rings. The van der Waals surface area contributed by atoms with Crippen LogP contribution < -0.4 is 5.73 Å². The molecule has 3 heterocycles. The van der Waals surface area contributed by atoms with Crippen molar-refractivity contribution in [2.45, 2.75) is 33.2 Å². The highest BCUT2D eigenvalue weighted by molar-refractivity contribution is 6.01. The molecule has 0 spiro atoms. The molecule has 35 heavy (non-hydrogen) atoms. The number of furan rings is 1. The Morgan fingerprint density at radius 3 is 2.29 bits per heavy atom. The minimum Gasteiger partial charge on any atom is -0.467 e. The number of amides is 2. The van der Waals surface area contributed by atoms with E-state index in [0.717, 1.165) is 0 Å². The third kappa shape index (κ3) is 5.38. The van der Waals surface area contributed by atoms with Crippen molar-refractivity contribution in [3.63, 3.8) is 0 Å². The molecule has 8 heteroatoms. The number of carbonyl (C=O) groups excluding carboxylic acids is 3. The first kappa shape index (κ1) is 24.5. The first-order valence-corrected chi connectivity index (χ1v) is 11.9. The van der Waals surface area contributed by atoms with Crippen LogP contribution in [-0.2, 0) is 6.54 Å². The molecule has 184 valence electrons. The largest absolute Gasteiger partial charge is 0.467 e. The van der Waals surface area contributed by atoms with Gasteiger partial charge in [0.2, 0.25) is 0 Å². The van der Waals surface area contributed by atoms with Crippen LogP contribution in [0.2, 0.25) is 0 Å². The standard InChI is InChI=1S/C27H32N4O4/c1-18(2)20-6-8-21(9-7-20)27(34)30-12-10-29(11-13-30)17-25(32)24-15-23(26(28)33)19(3)31(24)16-22-5-4-14-35-22/h4-9,14-15,18H,10-13,16-17H2,1-3H3,(H2,28,33). The number of ketones is 1. The van der Waals surface area contributed by atoms with Gasteiger partial charge in [0.15, 0.2) is 5.78 Å². The van der Waals surface area contributed by atoms with E-state index in [1.165, 1.54) is 5.56 Å². The molecule has 1 aromatic carbocycles. The van der Waals surface area contributed by atoms with Gasteiger partial charge in [-0.1, -0.05) is 26.0 Å². The van der Waals surface area contributed by atoms with Crippen molar-refractivity contribution < 1.29 is 18.8 Å². The van der Waals surface area contributed by atoms with Crippen molar-refractivity contribution in [2.75, 3.05) is 32.7 Å². The monoisotopic (exact) mass is 476 g/mol. The van der Waals surface area contributed by atoms with Crippen LogP contribution in [-0.4, -0.2) is 64.7 Å². The molecule has 1 aliphatic rings. The lowest BCUT2D eigenvalue weighted by atomic mass is 10.0. The number of benzene rings is 1. The third-order valence-corrected chi connectivity index (χ3v) is 6.66. The number of hydrogen-bond donors (Lipinski definition) is 1. The van der Waals surface area contributed by atoms with Gasteiger partial charge in [-0.2, -0.15) is 0 Å². The number of rotatable bonds is 8. The van der Waals surface area contributed by atoms with Crippen LogP contribution in [0.4, 0.5) is 0 Å². The fraction of sp³-hybridized carbons (Fsp3) is 0.370. The molecule has 0 unspecified atom stereocenters. The van der Waals surface area contributed by atoms with Gasteiger partial charge in [-0.25, -0.2) is 0 Å². The summed E-state index contributed by atoms with van der Waals surface area (Å²) in [4.78, 5) is 41.9. The normalized spacial score (nSPS) is 14.5. The summed E-state index contributed by atoms with van der Waals surface area (Å²) in [6, 6.07) is 13.0. The number of Topliss-reactive ketones (excluding diaryl/α,β-unsaturated/α-hetero) is 1. The zero-order chi connectivity index (χ0) is 25.1. The lowest BCUT2D eigenvalue weighted by Gasteiger charge is -2.34. The summed E-state index contributed by atoms with van der Waals surface area (Å²) in [7, 11) is 0. The summed E-state index contributed by atoms with van der Waals surface area (Å²) in [5.41, 5.74) is 8.82. The summed E-state index contributed by atoms with van der Waals surface area (Å²) in [6.07, 6.45) is 1.57. The molecule has 3 aromatic rings. The van der Waals surface area contributed by atoms with Gasteiger partial charge in [-0.15, -0.1) is 0 Å². The second-order valence-corrected chi connectivity index (χ2v) is 9.33. The summed E-state index contributed by atoms with van der Waals surface area (Å²) in [6.45, 7) is 8.87. The molecule has 2 N–H and O–H groups in total. The Bertz CT molecular complexity index is 1200. The van der Waals surface area contributed by atoms with E-state index in [1.807, 2.05) is 40.1 Å². The number of primary amides is 1. The minimum atomic E-state index is -0.566. The molecule has 8 nitrogen and oxygen atoms in total. The molecule has 0 atom stereocenters. The van der Waals surface area contributed by atoms with Crippen molar-refractivity contribution in [3.8, 4) is 0 Å². The summed E-state index contributed by atoms with van der Waals surface area (Å²) in [5, 5.41) is 0. The lowest BCUT2D eigenvalue weighted by Crippen LogP contribution is -2.50. The van der Waals surface area contributed by atoms with Crippen LogP contribution in [0.5, 0.6) is 0 Å². The molecule has 4 rings (SSSR count). The second-order valence-electron chi connectivity index (χ2n) is 9.33. The molecule has 1 aliphatic heterocycles. The SMILES string of the molecule is Cc1c(C(N)=O)cc(C(=O)CN2CCN(C(=O)c3ccc(C(C)C)cc3)CC2)n1Cc1ccco1. The van der Waals surface area contributed by atoms with Crippen molar-refractivity contribution in [1.82, 2.24) is 14.4 Å². The Kier molecular flexibility index (Phi) is 7.21. The smallest absolute Gasteiger partial charge is 0.253 e. The highest BCUT2D eigenvalue weighted by Crippen LogP contribution is 2.20. The Balaban J connectivity index is 1.40. The van der Waals surface area contributed by atoms with E-state index in [2.05, 4.69) is 13.8 Å². The number of hydrogen-bond acceptors (Lipinski definition) is 5. The fourth-order valence-electron chi connectivity index (χ4n) is 4.47. The lowest BCUT2D eigenvalue weighted by molar-refractivity contribution is 0.0623. The van der Waals surface area contributed by atoms with Gasteiger partial charge >= 0.3 is 0 Å². The fourth-order valence-corrected chi connectivity index (χ4v) is 4.47. The first-order chi connectivity index (χ1) is 16.7. The predicted molar refractivity (Wildman–Crippen MR) is 133 cm³/mol. The summed E-state index contributed by atoms with van der Waals surface area (Å²) >= 11 is 0. The van der Waals surface area contributed by atoms with Gasteiger partial charge in [0.25, 0.3) is 11.8 Å². The molecular formula is C27H32N4O4. The molecule has 0 radical (unpaired) electrons. The number of nitrogens with zero attached hydrogens (tertiary/aromatic N) is 3. The predicted octanol–water partition coefficient (Wildman–Crippen LogP) is 3.30. The maximum atomic E-state index is 13.2. The Morgan fingerprint density at radius 1 is 1.03 bits per heavy atom. The molecular weight excluding hydrogens is 444 g/mol. The van der Waals surface area contributed by atoms with Gasteiger partial charge in [0.1, 0.15) is 5.76 Å². The van der Waals surface area contributed by atoms with E-state index in [4.69, 9.17) is 10.2 Å². The average molecular weight is 477 g/mol. The number of carbonyl (C=O) groups is 3. The first-order valence-electron chi connectivity index (χ1n) is 11.9. The average Bonchev–Trinajstić information content (AvgIpc) is 3.47. The quantitative estimate of drug-likeness (QED) is 0.503. The third-order valence-electron chi connectivity index (χ3n) is 6.66. The van der Waals surface area contributed by atoms with Crippen LogP contribution >= 0.6 is 0 Å². The number of nitrogens with two attached hydrogens (primary N) is 1. The van der Waals surface area contributed by atoms with Gasteiger partial charge in [0.05, 0.1) is 30.6 Å². The summed E-state index contributed by atoms with van der Waals surface area (Å²) in [5.74, 6) is 0.449. The molecule has 1 saturated heterocycles. The van der Waals surface area contributed by atoms with Crippen LogP contribution in [0.1, 0.15) is 68.0 Å². The van der Waals surface area contributed by atoms with Crippen molar-refractivity contribution in [3.05, 3.63) is 82.6 Å². The Morgan fingerprint density at radius 2 is 1.71 bits per heavy atom. The highest BCUT2D eigenvalue weighted by atomic mass is 16.3. The zero-order valence-electron chi connectivity index (χ0n) is 20.5. The van der Waals surface area contributed by atoms with Crippen molar-refractivity contribution >= 4 is 17.6 Å². The summed E-state index contributed by atoms with van der Waals surface area (Å²) < 4.78 is 7.22. The number of piperazine rings is 1. The van der Waals surface area contributed by atoms with Crippen molar-refractivity contribution in [2.24, 2.45) is 5.73 Å². The van der Waals surface area contributed by atoms with Crippen LogP contribution in [0.3, 0.4) is 0 Å². The molecule has 0 aliphatic carbocycles. The Hall–Kier alpha value is -3.65. The van der Waals surface area contributed by atoms with E-state index >= 15 is 0 Å². The van der Waals surface area contributed by atoms with Crippen LogP contribution in [0.15, 0.2) is 53.1 Å². The van der Waals surface area contributed by atoms with E-state index in [9.17, 15) is 14.4 Å². The molecule has 2 aromatic heterocycles. The Labute approximate surface area is 205 Å². The van der Waals surface area contributed by atoms with E-state index in [1.54, 1.807) is 29.9 Å². The van der Waals surface area contributed by atoms with E-state index in [0.29, 0.717) is 66.9 Å². The molecule has 0 bridgehead atoms. The van der Waals surface area contributed by atoms with Crippen LogP contribution in [0.25, 0.3) is 0 Å². The number of aromatic nitrogens is 1. The minimum absolute atomic E-state index is 0.0142. The molecule has 2 amide bonds. The van der Waals surface area contributed by atoms with E-state index in [-0.39, 0.29) is 18.2 Å². The van der Waals surface area contributed by atoms with Gasteiger partial charge in [-0.05, 0) is 48.7 Å². The zero-order valence-corrected chi connectivity index (χ0v) is 20.5. The van der Waals surface area contributed by atoms with Gasteiger partial charge in [-0.3, -0.25) is 19.3 Å². The topological polar surface area (TPSA) is 102 Å². The van der Waals surface area contributed by atoms with Gasteiger partial charge in [0, 0.05) is 37.4 Å². The van der Waals surface area contributed by atoms with Crippen LogP contribution in [0, 0.1) is 6.92 Å². The van der Waals surface area contributed by atoms with E-state index < -0.39 is 5.91 Å². The van der Waals surface area contributed by atoms with Gasteiger partial charge < -0.3 is 19.6 Å². The molecule has 0 saturated carbocycles. The highest BCUT2D eigenvalue weighted by Gasteiger charge is 2.26. The van der Waals surface area contributed by atoms with Crippen molar-refractivity contribution in [1.29, 1.82) is 0 Å². The maximum Gasteiger partial charge on any atom is 0.253 e. The second kappa shape index (κ2) is 10.3. The maximum absolute atomic E-state index is 13.2.